The first kappa shape index (κ1) is 16.0. The van der Waals surface area contributed by atoms with Gasteiger partial charge in [0.25, 0.3) is 0 Å². The van der Waals surface area contributed by atoms with Crippen molar-refractivity contribution in [2.24, 2.45) is 5.10 Å². The van der Waals surface area contributed by atoms with Gasteiger partial charge in [-0.2, -0.15) is 5.10 Å². The number of hydrogen-bond acceptors (Lipinski definition) is 4. The standard InChI is InChI=1S/C18H18N2O4/c1-12-4-6-13(7-5-12)14-11-15(16-3-2-10-24-16)20(19-14)17(21)8-9-18(22)23/h2-7,10,15H,8-9,11H2,1H3,(H,22,23)/t15-/m0/s1. The first-order chi connectivity index (χ1) is 11.5. The minimum Gasteiger partial charge on any atom is -0.481 e. The topological polar surface area (TPSA) is 83.1 Å². The summed E-state index contributed by atoms with van der Waals surface area (Å²) in [4.78, 5) is 23.1. The van der Waals surface area contributed by atoms with Gasteiger partial charge in [-0.1, -0.05) is 29.8 Å². The maximum absolute atomic E-state index is 12.4. The van der Waals surface area contributed by atoms with E-state index in [1.54, 1.807) is 18.4 Å². The maximum atomic E-state index is 12.4. The zero-order valence-corrected chi connectivity index (χ0v) is 13.3. The van der Waals surface area contributed by atoms with Gasteiger partial charge in [-0.25, -0.2) is 5.01 Å². The number of aryl methyl sites for hydroxylation is 1. The fourth-order valence-electron chi connectivity index (χ4n) is 2.69. The number of carbonyl (C=O) groups excluding carboxylic acids is 1. The number of rotatable bonds is 5. The monoisotopic (exact) mass is 326 g/mol. The molecular formula is C18H18N2O4. The molecule has 0 fully saturated rings. The van der Waals surface area contributed by atoms with Crippen molar-refractivity contribution in [3.8, 4) is 0 Å². The van der Waals surface area contributed by atoms with Crippen LogP contribution in [-0.2, 0) is 9.59 Å². The largest absolute Gasteiger partial charge is 0.481 e. The number of carboxylic acid groups (broad SMARTS) is 1. The van der Waals surface area contributed by atoms with Gasteiger partial charge in [0, 0.05) is 12.8 Å². The fraction of sp³-hybridized carbons (Fsp3) is 0.278. The molecule has 6 nitrogen and oxygen atoms in total. The molecule has 1 atom stereocenters. The van der Waals surface area contributed by atoms with E-state index in [2.05, 4.69) is 5.10 Å². The molecule has 1 aliphatic heterocycles. The molecule has 1 N–H and O–H groups in total. The van der Waals surface area contributed by atoms with Gasteiger partial charge in [0.2, 0.25) is 5.91 Å². The maximum Gasteiger partial charge on any atom is 0.303 e. The number of nitrogens with zero attached hydrogens (tertiary/aromatic N) is 2. The highest BCUT2D eigenvalue weighted by atomic mass is 16.4. The lowest BCUT2D eigenvalue weighted by molar-refractivity contribution is -0.141. The number of carboxylic acids is 1. The Labute approximate surface area is 139 Å². The van der Waals surface area contributed by atoms with Crippen molar-refractivity contribution < 1.29 is 19.1 Å². The van der Waals surface area contributed by atoms with Gasteiger partial charge < -0.3 is 9.52 Å². The summed E-state index contributed by atoms with van der Waals surface area (Å²) in [6.07, 6.45) is 1.79. The third-order valence-electron chi connectivity index (χ3n) is 3.98. The van der Waals surface area contributed by atoms with E-state index in [4.69, 9.17) is 9.52 Å². The van der Waals surface area contributed by atoms with Crippen LogP contribution in [0.1, 0.15) is 42.2 Å². The molecule has 1 aromatic heterocycles. The van der Waals surface area contributed by atoms with Crippen molar-refractivity contribution in [2.75, 3.05) is 0 Å². The smallest absolute Gasteiger partial charge is 0.303 e. The molecule has 0 spiro atoms. The van der Waals surface area contributed by atoms with Gasteiger partial charge in [-0.05, 0) is 24.6 Å². The molecule has 0 saturated heterocycles. The summed E-state index contributed by atoms with van der Waals surface area (Å²) in [5.41, 5.74) is 2.89. The SMILES string of the molecule is Cc1ccc(C2=NN(C(=O)CCC(=O)O)[C@H](c3ccco3)C2)cc1. The number of benzene rings is 1. The first-order valence-corrected chi connectivity index (χ1v) is 7.76. The van der Waals surface area contributed by atoms with Crippen molar-refractivity contribution in [2.45, 2.75) is 32.2 Å². The van der Waals surface area contributed by atoms with Gasteiger partial charge in [0.05, 0.1) is 18.4 Å². The van der Waals surface area contributed by atoms with Crippen molar-refractivity contribution in [3.63, 3.8) is 0 Å². The predicted molar refractivity (Wildman–Crippen MR) is 87.5 cm³/mol. The average Bonchev–Trinajstić information content (AvgIpc) is 3.22. The predicted octanol–water partition coefficient (Wildman–Crippen LogP) is 3.13. The Morgan fingerprint density at radius 3 is 2.62 bits per heavy atom. The second kappa shape index (κ2) is 6.70. The van der Waals surface area contributed by atoms with E-state index in [0.717, 1.165) is 16.8 Å². The first-order valence-electron chi connectivity index (χ1n) is 7.76. The van der Waals surface area contributed by atoms with Gasteiger partial charge in [0.15, 0.2) is 0 Å². The molecule has 2 heterocycles. The molecule has 1 aromatic carbocycles. The highest BCUT2D eigenvalue weighted by molar-refractivity contribution is 6.03. The molecule has 0 unspecified atom stereocenters. The molecule has 0 bridgehead atoms. The van der Waals surface area contributed by atoms with Gasteiger partial charge >= 0.3 is 5.97 Å². The van der Waals surface area contributed by atoms with E-state index in [9.17, 15) is 9.59 Å². The van der Waals surface area contributed by atoms with Crippen LogP contribution in [0.25, 0.3) is 0 Å². The zero-order valence-electron chi connectivity index (χ0n) is 13.3. The summed E-state index contributed by atoms with van der Waals surface area (Å²) in [5.74, 6) is -0.676. The van der Waals surface area contributed by atoms with Gasteiger partial charge in [-0.15, -0.1) is 0 Å². The molecule has 1 amide bonds. The second-order valence-electron chi connectivity index (χ2n) is 5.78. The average molecular weight is 326 g/mol. The lowest BCUT2D eigenvalue weighted by Gasteiger charge is -2.19. The normalized spacial score (nSPS) is 17.0. The highest BCUT2D eigenvalue weighted by Crippen LogP contribution is 2.33. The zero-order chi connectivity index (χ0) is 17.1. The molecule has 3 rings (SSSR count). The van der Waals surface area contributed by atoms with Gasteiger partial charge in [0.1, 0.15) is 11.8 Å². The minimum atomic E-state index is -1.00. The Morgan fingerprint density at radius 2 is 2.00 bits per heavy atom. The Morgan fingerprint density at radius 1 is 1.25 bits per heavy atom. The number of amides is 1. The number of furan rings is 1. The minimum absolute atomic E-state index is 0.0861. The number of hydrazone groups is 1. The van der Waals surface area contributed by atoms with Crippen LogP contribution in [0, 0.1) is 6.92 Å². The molecule has 24 heavy (non-hydrogen) atoms. The lowest BCUT2D eigenvalue weighted by Crippen LogP contribution is -2.27. The Balaban J connectivity index is 1.86. The van der Waals surface area contributed by atoms with E-state index >= 15 is 0 Å². The summed E-state index contributed by atoms with van der Waals surface area (Å²) in [7, 11) is 0. The lowest BCUT2D eigenvalue weighted by atomic mass is 10.0. The van der Waals surface area contributed by atoms with Crippen LogP contribution in [0.2, 0.25) is 0 Å². The van der Waals surface area contributed by atoms with Crippen molar-refractivity contribution in [1.29, 1.82) is 0 Å². The number of aliphatic carboxylic acids is 1. The Kier molecular flexibility index (Phi) is 4.46. The van der Waals surface area contributed by atoms with E-state index in [-0.39, 0.29) is 24.8 Å². The molecule has 0 radical (unpaired) electrons. The third kappa shape index (κ3) is 3.37. The molecule has 1 aliphatic rings. The Bertz CT molecular complexity index is 763. The van der Waals surface area contributed by atoms with Crippen LogP contribution in [0.15, 0.2) is 52.2 Å². The van der Waals surface area contributed by atoms with E-state index < -0.39 is 5.97 Å². The van der Waals surface area contributed by atoms with Crippen LogP contribution < -0.4 is 0 Å². The van der Waals surface area contributed by atoms with E-state index in [1.807, 2.05) is 31.2 Å². The van der Waals surface area contributed by atoms with Crippen LogP contribution in [0.4, 0.5) is 0 Å². The van der Waals surface area contributed by atoms with Crippen LogP contribution in [0.3, 0.4) is 0 Å². The third-order valence-corrected chi connectivity index (χ3v) is 3.98. The van der Waals surface area contributed by atoms with E-state index in [0.29, 0.717) is 12.2 Å². The molecule has 0 saturated carbocycles. The Hall–Kier alpha value is -2.89. The molecular weight excluding hydrogens is 308 g/mol. The summed E-state index contributed by atoms with van der Waals surface area (Å²) in [5, 5.41) is 14.6. The quantitative estimate of drug-likeness (QED) is 0.915. The van der Waals surface area contributed by atoms with Gasteiger partial charge in [-0.3, -0.25) is 9.59 Å². The van der Waals surface area contributed by atoms with Crippen LogP contribution >= 0.6 is 0 Å². The molecule has 6 heteroatoms. The van der Waals surface area contributed by atoms with Crippen molar-refractivity contribution >= 4 is 17.6 Å². The molecule has 124 valence electrons. The summed E-state index contributed by atoms with van der Waals surface area (Å²) in [6, 6.07) is 11.2. The fourth-order valence-corrected chi connectivity index (χ4v) is 2.69. The number of carbonyl (C=O) groups is 2. The highest BCUT2D eigenvalue weighted by Gasteiger charge is 2.34. The summed E-state index contributed by atoms with van der Waals surface area (Å²) >= 11 is 0. The van der Waals surface area contributed by atoms with Crippen molar-refractivity contribution in [3.05, 3.63) is 59.5 Å². The number of hydrogen-bond donors (Lipinski definition) is 1. The second-order valence-corrected chi connectivity index (χ2v) is 5.78. The van der Waals surface area contributed by atoms with E-state index in [1.165, 1.54) is 5.01 Å². The van der Waals surface area contributed by atoms with Crippen LogP contribution in [0.5, 0.6) is 0 Å². The van der Waals surface area contributed by atoms with Crippen LogP contribution in [-0.4, -0.2) is 27.7 Å². The molecule has 2 aromatic rings. The summed E-state index contributed by atoms with van der Waals surface area (Å²) in [6.45, 7) is 2.01. The van der Waals surface area contributed by atoms with Crippen molar-refractivity contribution in [1.82, 2.24) is 5.01 Å². The molecule has 0 aliphatic carbocycles. The summed E-state index contributed by atoms with van der Waals surface area (Å²) < 4.78 is 5.44.